The first kappa shape index (κ1) is 26.6. The highest BCUT2D eigenvalue weighted by Gasteiger charge is 2.37. The van der Waals surface area contributed by atoms with Crippen molar-refractivity contribution >= 4 is 17.4 Å². The summed E-state index contributed by atoms with van der Waals surface area (Å²) in [6.07, 6.45) is 0. The lowest BCUT2D eigenvalue weighted by atomic mass is 9.93. The van der Waals surface area contributed by atoms with E-state index in [1.165, 1.54) is 0 Å². The summed E-state index contributed by atoms with van der Waals surface area (Å²) in [5, 5.41) is 12.8. The Hall–Kier alpha value is -4.47. The Kier molecular flexibility index (Phi) is 7.34. The number of benzene rings is 2. The van der Waals surface area contributed by atoms with Crippen LogP contribution in [0.2, 0.25) is 0 Å². The van der Waals surface area contributed by atoms with Gasteiger partial charge in [-0.25, -0.2) is 4.98 Å². The van der Waals surface area contributed by atoms with Crippen LogP contribution in [-0.2, 0) is 17.9 Å². The lowest BCUT2D eigenvalue weighted by molar-refractivity contribution is -0.00577. The quantitative estimate of drug-likeness (QED) is 0.226. The Morgan fingerprint density at radius 1 is 1.00 bits per heavy atom. The van der Waals surface area contributed by atoms with E-state index in [0.29, 0.717) is 24.1 Å². The first-order chi connectivity index (χ1) is 17.9. The zero-order chi connectivity index (χ0) is 27.5. The summed E-state index contributed by atoms with van der Waals surface area (Å²) < 4.78 is 39.0. The van der Waals surface area contributed by atoms with Crippen molar-refractivity contribution in [2.75, 3.05) is 10.6 Å². The number of alkyl halides is 2. The Bertz CT molecular complexity index is 1420. The molecule has 0 radical (unpaired) electrons. The Morgan fingerprint density at radius 2 is 1.68 bits per heavy atom. The molecule has 0 fully saturated rings. The molecule has 0 aliphatic carbocycles. The van der Waals surface area contributed by atoms with E-state index in [2.05, 4.69) is 32.7 Å². The number of anilines is 2. The van der Waals surface area contributed by atoms with Crippen LogP contribution in [0.25, 0.3) is 11.5 Å². The second kappa shape index (κ2) is 10.5. The average molecular weight is 522 g/mol. The minimum atomic E-state index is -3.38. The number of oxazole rings is 1. The Morgan fingerprint density at radius 3 is 2.29 bits per heavy atom. The van der Waals surface area contributed by atoms with Gasteiger partial charge in [0.05, 0.1) is 0 Å². The molecule has 4 rings (SSSR count). The molecule has 2 aromatic carbocycles. The molecule has 0 bridgehead atoms. The molecule has 0 saturated heterocycles. The minimum Gasteiger partial charge on any atom is -0.434 e. The monoisotopic (exact) mass is 521 g/mol. The van der Waals surface area contributed by atoms with Crippen LogP contribution >= 0.6 is 0 Å². The van der Waals surface area contributed by atoms with Crippen molar-refractivity contribution in [2.45, 2.75) is 45.6 Å². The number of halogens is 2. The summed E-state index contributed by atoms with van der Waals surface area (Å²) >= 11 is 0. The van der Waals surface area contributed by atoms with Crippen molar-refractivity contribution < 1.29 is 22.5 Å². The van der Waals surface area contributed by atoms with E-state index in [1.807, 2.05) is 26.8 Å². The largest absolute Gasteiger partial charge is 0.434 e. The van der Waals surface area contributed by atoms with E-state index in [1.54, 1.807) is 54.6 Å². The molecule has 1 amide bonds. The SMILES string of the molecule is C=C(Nc1ccc(CNC(=O)c2nc(-c3ccccc3)oc2C(C)(F)F)cc1)Nc1cc(C(C)(C)C)on1. The molecule has 8 nitrogen and oxygen atoms in total. The second-order valence-electron chi connectivity index (χ2n) is 9.89. The minimum absolute atomic E-state index is 0.0446. The van der Waals surface area contributed by atoms with Crippen molar-refractivity contribution in [2.24, 2.45) is 0 Å². The van der Waals surface area contributed by atoms with Gasteiger partial charge in [-0.05, 0) is 29.8 Å². The van der Waals surface area contributed by atoms with Crippen molar-refractivity contribution in [3.63, 3.8) is 0 Å². The van der Waals surface area contributed by atoms with Gasteiger partial charge in [0.15, 0.2) is 11.5 Å². The van der Waals surface area contributed by atoms with E-state index < -0.39 is 23.3 Å². The van der Waals surface area contributed by atoms with Crippen LogP contribution in [0, 0.1) is 0 Å². The maximum absolute atomic E-state index is 14.2. The highest BCUT2D eigenvalue weighted by atomic mass is 19.3. The fraction of sp³-hybridized carbons (Fsp3) is 0.250. The number of nitrogens with zero attached hydrogens (tertiary/aromatic N) is 2. The molecule has 2 aromatic heterocycles. The van der Waals surface area contributed by atoms with Crippen molar-refractivity contribution in [1.82, 2.24) is 15.5 Å². The zero-order valence-electron chi connectivity index (χ0n) is 21.6. The molecule has 0 atom stereocenters. The Labute approximate surface area is 219 Å². The van der Waals surface area contributed by atoms with E-state index in [-0.39, 0.29) is 17.9 Å². The lowest BCUT2D eigenvalue weighted by Crippen LogP contribution is -2.26. The van der Waals surface area contributed by atoms with Crippen LogP contribution in [-0.4, -0.2) is 16.0 Å². The molecule has 0 aliphatic heterocycles. The molecule has 0 aliphatic rings. The number of hydrogen-bond donors (Lipinski definition) is 3. The van der Waals surface area contributed by atoms with E-state index >= 15 is 0 Å². The molecular weight excluding hydrogens is 492 g/mol. The topological polar surface area (TPSA) is 105 Å². The van der Waals surface area contributed by atoms with Crippen molar-refractivity contribution in [1.29, 1.82) is 0 Å². The van der Waals surface area contributed by atoms with Gasteiger partial charge in [0.25, 0.3) is 5.91 Å². The molecule has 3 N–H and O–H groups in total. The van der Waals surface area contributed by atoms with Crippen LogP contribution in [0.1, 0.15) is 55.3 Å². The molecule has 198 valence electrons. The number of rotatable bonds is 9. The smallest absolute Gasteiger partial charge is 0.304 e. The molecule has 38 heavy (non-hydrogen) atoms. The lowest BCUT2D eigenvalue weighted by Gasteiger charge is -2.12. The van der Waals surface area contributed by atoms with Gasteiger partial charge >= 0.3 is 5.92 Å². The number of nitrogens with one attached hydrogen (secondary N) is 3. The van der Waals surface area contributed by atoms with Crippen LogP contribution in [0.5, 0.6) is 0 Å². The standard InChI is InChI=1S/C28H29F2N5O3/c1-17(33-22-15-21(38-35-22)27(2,3)4)32-20-13-11-18(12-14-20)16-31-25(36)23-24(28(5,29)30)37-26(34-23)19-9-7-6-8-10-19/h6-15,32H,1,16H2,2-5H3,(H,31,36)(H,33,35). The van der Waals surface area contributed by atoms with Gasteiger partial charge in [0.2, 0.25) is 11.7 Å². The van der Waals surface area contributed by atoms with Gasteiger partial charge in [0.1, 0.15) is 11.6 Å². The molecule has 0 saturated carbocycles. The average Bonchev–Trinajstić information content (AvgIpc) is 3.52. The maximum Gasteiger partial charge on any atom is 0.304 e. The van der Waals surface area contributed by atoms with Crippen molar-refractivity contribution in [3.8, 4) is 11.5 Å². The van der Waals surface area contributed by atoms with Crippen LogP contribution in [0.3, 0.4) is 0 Å². The molecule has 10 heteroatoms. The second-order valence-corrected chi connectivity index (χ2v) is 9.89. The van der Waals surface area contributed by atoms with E-state index in [4.69, 9.17) is 8.94 Å². The Balaban J connectivity index is 1.36. The maximum atomic E-state index is 14.2. The van der Waals surface area contributed by atoms with Crippen molar-refractivity contribution in [3.05, 3.63) is 95.8 Å². The summed E-state index contributed by atoms with van der Waals surface area (Å²) in [4.78, 5) is 16.8. The number of aromatic nitrogens is 2. The number of carbonyl (C=O) groups excluding carboxylic acids is 1. The first-order valence-corrected chi connectivity index (χ1v) is 11.9. The fourth-order valence-electron chi connectivity index (χ4n) is 3.50. The van der Waals surface area contributed by atoms with Crippen LogP contribution < -0.4 is 16.0 Å². The van der Waals surface area contributed by atoms with Gasteiger partial charge < -0.3 is 24.9 Å². The van der Waals surface area contributed by atoms with E-state index in [9.17, 15) is 13.6 Å². The normalized spacial score (nSPS) is 11.7. The van der Waals surface area contributed by atoms with E-state index in [0.717, 1.165) is 17.0 Å². The van der Waals surface area contributed by atoms with Crippen LogP contribution in [0.15, 0.2) is 82.0 Å². The number of carbonyl (C=O) groups is 1. The molecule has 4 aromatic rings. The van der Waals surface area contributed by atoms with Gasteiger partial charge in [-0.2, -0.15) is 8.78 Å². The molecule has 0 spiro atoms. The van der Waals surface area contributed by atoms with Gasteiger partial charge in [-0.15, -0.1) is 0 Å². The third kappa shape index (κ3) is 6.44. The van der Waals surface area contributed by atoms with Gasteiger partial charge in [0, 0.05) is 36.2 Å². The highest BCUT2D eigenvalue weighted by molar-refractivity contribution is 5.94. The molecule has 0 unspecified atom stereocenters. The number of hydrogen-bond acceptors (Lipinski definition) is 7. The predicted molar refractivity (Wildman–Crippen MR) is 141 cm³/mol. The highest BCUT2D eigenvalue weighted by Crippen LogP contribution is 2.33. The summed E-state index contributed by atoms with van der Waals surface area (Å²) in [6, 6.07) is 17.6. The molecular formula is C28H29F2N5O3. The fourth-order valence-corrected chi connectivity index (χ4v) is 3.50. The predicted octanol–water partition coefficient (Wildman–Crippen LogP) is 6.66. The first-order valence-electron chi connectivity index (χ1n) is 11.9. The molecule has 2 heterocycles. The number of amides is 1. The van der Waals surface area contributed by atoms with Gasteiger partial charge in [-0.1, -0.05) is 62.8 Å². The van der Waals surface area contributed by atoms with Gasteiger partial charge in [-0.3, -0.25) is 4.79 Å². The summed E-state index contributed by atoms with van der Waals surface area (Å²) in [7, 11) is 0. The summed E-state index contributed by atoms with van der Waals surface area (Å²) in [6.45, 7) is 10.8. The van der Waals surface area contributed by atoms with Crippen LogP contribution in [0.4, 0.5) is 20.3 Å². The third-order valence-electron chi connectivity index (χ3n) is 5.49. The zero-order valence-corrected chi connectivity index (χ0v) is 21.6. The summed E-state index contributed by atoms with van der Waals surface area (Å²) in [5.41, 5.74) is 1.39. The third-order valence-corrected chi connectivity index (χ3v) is 5.49. The summed E-state index contributed by atoms with van der Waals surface area (Å²) in [5.74, 6) is -3.18.